The molecule has 3 rings (SSSR count). The van der Waals surface area contributed by atoms with Crippen molar-refractivity contribution in [2.75, 3.05) is 11.1 Å². The van der Waals surface area contributed by atoms with Crippen molar-refractivity contribution < 1.29 is 13.6 Å². The minimum atomic E-state index is -0.761. The van der Waals surface area contributed by atoms with Crippen LogP contribution in [0.4, 0.5) is 14.5 Å². The van der Waals surface area contributed by atoms with E-state index in [1.54, 1.807) is 0 Å². The molecule has 0 aliphatic heterocycles. The van der Waals surface area contributed by atoms with Crippen molar-refractivity contribution in [3.05, 3.63) is 51.4 Å². The van der Waals surface area contributed by atoms with E-state index < -0.39 is 17.5 Å². The first kappa shape index (κ1) is 22.5. The third-order valence-electron chi connectivity index (χ3n) is 5.27. The molecule has 0 spiro atoms. The summed E-state index contributed by atoms with van der Waals surface area (Å²) in [5.74, 6) is -1.44. The number of nitrogens with zero attached hydrogens (tertiary/aromatic N) is 1. The number of nitrogens with one attached hydrogen (secondary N) is 2. The van der Waals surface area contributed by atoms with Crippen LogP contribution < -0.4 is 10.9 Å². The van der Waals surface area contributed by atoms with E-state index in [0.717, 1.165) is 66.9 Å². The maximum Gasteiger partial charge on any atom is 0.254 e. The summed E-state index contributed by atoms with van der Waals surface area (Å²) in [6, 6.07) is 2.84. The van der Waals surface area contributed by atoms with Crippen LogP contribution in [0.3, 0.4) is 0 Å². The fourth-order valence-corrected chi connectivity index (χ4v) is 4.57. The van der Waals surface area contributed by atoms with Gasteiger partial charge >= 0.3 is 0 Å². The standard InChI is InChI=1S/C22H27F2N3O2S/c1-2-6-18-19(9-14-7-4-3-5-8-14)26-22(27-21(18)29)30-13-20(28)25-17-11-15(23)10-16(24)12-17/h10-12,14H,2-9,13H2,1H3,(H,25,28)(H,26,27,29). The molecule has 2 aromatic rings. The van der Waals surface area contributed by atoms with Crippen molar-refractivity contribution in [1.82, 2.24) is 9.97 Å². The van der Waals surface area contributed by atoms with Gasteiger partial charge in [-0.25, -0.2) is 13.8 Å². The van der Waals surface area contributed by atoms with Gasteiger partial charge in [0.25, 0.3) is 5.56 Å². The zero-order valence-corrected chi connectivity index (χ0v) is 17.9. The molecule has 0 saturated heterocycles. The number of thioether (sulfide) groups is 1. The Kier molecular flexibility index (Phi) is 8.01. The molecular formula is C22H27F2N3O2S. The molecule has 8 heteroatoms. The van der Waals surface area contributed by atoms with Crippen LogP contribution in [0.2, 0.25) is 0 Å². The molecule has 1 aliphatic rings. The van der Waals surface area contributed by atoms with E-state index in [4.69, 9.17) is 0 Å². The van der Waals surface area contributed by atoms with Crippen LogP contribution in [0.25, 0.3) is 0 Å². The summed E-state index contributed by atoms with van der Waals surface area (Å²) in [7, 11) is 0. The first-order chi connectivity index (χ1) is 14.4. The number of amides is 1. The SMILES string of the molecule is CCCc1c(CC2CCCCC2)nc(SCC(=O)Nc2cc(F)cc(F)c2)[nH]c1=O. The first-order valence-electron chi connectivity index (χ1n) is 10.5. The predicted molar refractivity (Wildman–Crippen MR) is 115 cm³/mol. The number of carbonyl (C=O) groups is 1. The number of H-pyrrole nitrogens is 1. The summed E-state index contributed by atoms with van der Waals surface area (Å²) < 4.78 is 26.5. The molecule has 1 amide bonds. The van der Waals surface area contributed by atoms with Crippen LogP contribution in [0.5, 0.6) is 0 Å². The minimum Gasteiger partial charge on any atom is -0.325 e. The van der Waals surface area contributed by atoms with Gasteiger partial charge in [-0.2, -0.15) is 0 Å². The fourth-order valence-electron chi connectivity index (χ4n) is 3.89. The summed E-state index contributed by atoms with van der Waals surface area (Å²) in [6.45, 7) is 2.03. The van der Waals surface area contributed by atoms with E-state index >= 15 is 0 Å². The number of anilines is 1. The highest BCUT2D eigenvalue weighted by Crippen LogP contribution is 2.27. The largest absolute Gasteiger partial charge is 0.325 e. The molecule has 1 saturated carbocycles. The smallest absolute Gasteiger partial charge is 0.254 e. The van der Waals surface area contributed by atoms with Crippen molar-refractivity contribution in [2.24, 2.45) is 5.92 Å². The Morgan fingerprint density at radius 2 is 1.90 bits per heavy atom. The summed E-state index contributed by atoms with van der Waals surface area (Å²) in [4.78, 5) is 32.2. The number of rotatable bonds is 8. The molecular weight excluding hydrogens is 408 g/mol. The summed E-state index contributed by atoms with van der Waals surface area (Å²) in [6.07, 6.45) is 8.37. The molecule has 0 radical (unpaired) electrons. The van der Waals surface area contributed by atoms with E-state index in [1.807, 2.05) is 6.92 Å². The Bertz CT molecular complexity index is 922. The Balaban J connectivity index is 1.68. The van der Waals surface area contributed by atoms with Crippen molar-refractivity contribution in [1.29, 1.82) is 0 Å². The molecule has 30 heavy (non-hydrogen) atoms. The summed E-state index contributed by atoms with van der Waals surface area (Å²) in [5, 5.41) is 2.86. The lowest BCUT2D eigenvalue weighted by molar-refractivity contribution is -0.113. The van der Waals surface area contributed by atoms with Gasteiger partial charge in [0.2, 0.25) is 5.91 Å². The quantitative estimate of drug-likeness (QED) is 0.459. The van der Waals surface area contributed by atoms with Crippen LogP contribution >= 0.6 is 11.8 Å². The molecule has 0 atom stereocenters. The monoisotopic (exact) mass is 435 g/mol. The van der Waals surface area contributed by atoms with Crippen molar-refractivity contribution in [2.45, 2.75) is 63.4 Å². The van der Waals surface area contributed by atoms with Crippen LogP contribution in [0.1, 0.15) is 56.7 Å². The number of halogens is 2. The van der Waals surface area contributed by atoms with Gasteiger partial charge in [0.1, 0.15) is 11.6 Å². The highest BCUT2D eigenvalue weighted by Gasteiger charge is 2.19. The fraction of sp³-hybridized carbons (Fsp3) is 0.500. The third kappa shape index (κ3) is 6.39. The average Bonchev–Trinajstić information content (AvgIpc) is 2.69. The molecule has 0 unspecified atom stereocenters. The molecule has 1 aromatic heterocycles. The number of aromatic nitrogens is 2. The Morgan fingerprint density at radius 1 is 1.20 bits per heavy atom. The van der Waals surface area contributed by atoms with Gasteiger partial charge in [-0.1, -0.05) is 57.2 Å². The van der Waals surface area contributed by atoms with E-state index in [-0.39, 0.29) is 17.0 Å². The van der Waals surface area contributed by atoms with Gasteiger partial charge in [0, 0.05) is 17.3 Å². The number of carbonyl (C=O) groups excluding carboxylic acids is 1. The predicted octanol–water partition coefficient (Wildman–Crippen LogP) is 4.85. The average molecular weight is 436 g/mol. The lowest BCUT2D eigenvalue weighted by Gasteiger charge is -2.22. The van der Waals surface area contributed by atoms with Crippen LogP contribution in [0, 0.1) is 17.6 Å². The number of aromatic amines is 1. The topological polar surface area (TPSA) is 74.8 Å². The van der Waals surface area contributed by atoms with Gasteiger partial charge in [-0.15, -0.1) is 0 Å². The molecule has 2 N–H and O–H groups in total. The molecule has 1 aromatic carbocycles. The van der Waals surface area contributed by atoms with Crippen LogP contribution in [0.15, 0.2) is 28.2 Å². The van der Waals surface area contributed by atoms with E-state index in [9.17, 15) is 18.4 Å². The second kappa shape index (κ2) is 10.7. The Labute approximate surface area is 179 Å². The minimum absolute atomic E-state index is 0.0307. The zero-order chi connectivity index (χ0) is 21.5. The van der Waals surface area contributed by atoms with Gasteiger partial charge in [0.05, 0.1) is 11.4 Å². The maximum absolute atomic E-state index is 13.3. The lowest BCUT2D eigenvalue weighted by atomic mass is 9.85. The molecule has 1 fully saturated rings. The highest BCUT2D eigenvalue weighted by atomic mass is 32.2. The Morgan fingerprint density at radius 3 is 2.57 bits per heavy atom. The lowest BCUT2D eigenvalue weighted by Crippen LogP contribution is -2.22. The van der Waals surface area contributed by atoms with Crippen molar-refractivity contribution in [3.63, 3.8) is 0 Å². The van der Waals surface area contributed by atoms with Gasteiger partial charge in [-0.3, -0.25) is 9.59 Å². The molecule has 0 bridgehead atoms. The molecule has 1 aliphatic carbocycles. The molecule has 5 nitrogen and oxygen atoms in total. The van der Waals surface area contributed by atoms with Gasteiger partial charge in [-0.05, 0) is 30.9 Å². The van der Waals surface area contributed by atoms with E-state index in [2.05, 4.69) is 15.3 Å². The first-order valence-corrected chi connectivity index (χ1v) is 11.4. The van der Waals surface area contributed by atoms with Gasteiger partial charge in [0.15, 0.2) is 5.16 Å². The summed E-state index contributed by atoms with van der Waals surface area (Å²) in [5.41, 5.74) is 1.48. The summed E-state index contributed by atoms with van der Waals surface area (Å²) >= 11 is 1.11. The van der Waals surface area contributed by atoms with E-state index in [0.29, 0.717) is 17.5 Å². The number of benzene rings is 1. The molecule has 162 valence electrons. The maximum atomic E-state index is 13.3. The van der Waals surface area contributed by atoms with Crippen LogP contribution in [-0.4, -0.2) is 21.6 Å². The Hall–Kier alpha value is -2.22. The van der Waals surface area contributed by atoms with E-state index in [1.165, 1.54) is 19.3 Å². The van der Waals surface area contributed by atoms with Crippen molar-refractivity contribution >= 4 is 23.4 Å². The second-order valence-corrected chi connectivity index (χ2v) is 8.71. The second-order valence-electron chi connectivity index (χ2n) is 7.75. The number of hydrogen-bond donors (Lipinski definition) is 2. The number of hydrogen-bond acceptors (Lipinski definition) is 4. The zero-order valence-electron chi connectivity index (χ0n) is 17.1. The third-order valence-corrected chi connectivity index (χ3v) is 6.15. The normalized spacial score (nSPS) is 14.6. The van der Waals surface area contributed by atoms with Crippen LogP contribution in [-0.2, 0) is 17.6 Å². The van der Waals surface area contributed by atoms with Gasteiger partial charge < -0.3 is 10.3 Å². The highest BCUT2D eigenvalue weighted by molar-refractivity contribution is 7.99. The molecule has 1 heterocycles. The van der Waals surface area contributed by atoms with Crippen molar-refractivity contribution in [3.8, 4) is 0 Å².